The highest BCUT2D eigenvalue weighted by atomic mass is 35.5. The number of carbonyl (C=O) groups excluding carboxylic acids is 2. The van der Waals surface area contributed by atoms with Gasteiger partial charge >= 0.3 is 0 Å². The first-order valence-corrected chi connectivity index (χ1v) is 14.8. The van der Waals surface area contributed by atoms with Gasteiger partial charge in [0.05, 0.1) is 17.0 Å². The summed E-state index contributed by atoms with van der Waals surface area (Å²) in [5.74, 6) is -0.819. The van der Waals surface area contributed by atoms with Gasteiger partial charge < -0.3 is 10.2 Å². The third kappa shape index (κ3) is 7.28. The molecular formula is C25H30Cl3N3O4S. The van der Waals surface area contributed by atoms with Gasteiger partial charge in [-0.15, -0.1) is 0 Å². The first-order valence-electron chi connectivity index (χ1n) is 11.8. The van der Waals surface area contributed by atoms with E-state index >= 15 is 0 Å². The van der Waals surface area contributed by atoms with Crippen LogP contribution < -0.4 is 9.62 Å². The molecule has 0 heterocycles. The molecular weight excluding hydrogens is 545 g/mol. The summed E-state index contributed by atoms with van der Waals surface area (Å²) in [7, 11) is -3.90. The van der Waals surface area contributed by atoms with Crippen LogP contribution in [0.15, 0.2) is 42.5 Å². The fourth-order valence-corrected chi connectivity index (χ4v) is 5.99. The van der Waals surface area contributed by atoms with Gasteiger partial charge in [-0.2, -0.15) is 0 Å². The summed E-state index contributed by atoms with van der Waals surface area (Å²) in [6.45, 7) is 1.31. The van der Waals surface area contributed by atoms with E-state index in [2.05, 4.69) is 5.32 Å². The van der Waals surface area contributed by atoms with Crippen molar-refractivity contribution in [1.82, 2.24) is 10.2 Å². The molecule has 0 bridgehead atoms. The number of benzene rings is 2. The van der Waals surface area contributed by atoms with Gasteiger partial charge in [-0.25, -0.2) is 8.42 Å². The highest BCUT2D eigenvalue weighted by Gasteiger charge is 2.33. The van der Waals surface area contributed by atoms with Crippen LogP contribution in [0.1, 0.15) is 44.6 Å². The lowest BCUT2D eigenvalue weighted by Gasteiger charge is -2.33. The van der Waals surface area contributed by atoms with Crippen LogP contribution in [0.2, 0.25) is 15.1 Å². The quantitative estimate of drug-likeness (QED) is 0.418. The smallest absolute Gasteiger partial charge is 0.244 e. The predicted molar refractivity (Wildman–Crippen MR) is 145 cm³/mol. The van der Waals surface area contributed by atoms with Crippen molar-refractivity contribution in [2.75, 3.05) is 17.1 Å². The molecule has 7 nitrogen and oxygen atoms in total. The van der Waals surface area contributed by atoms with Crippen LogP contribution in [0.25, 0.3) is 0 Å². The van der Waals surface area contributed by atoms with Crippen molar-refractivity contribution in [2.24, 2.45) is 0 Å². The molecule has 1 aliphatic carbocycles. The summed E-state index contributed by atoms with van der Waals surface area (Å²) in [5.41, 5.74) is 0.771. The highest BCUT2D eigenvalue weighted by Crippen LogP contribution is 2.31. The first-order chi connectivity index (χ1) is 17.0. The molecule has 36 heavy (non-hydrogen) atoms. The number of hydrogen-bond acceptors (Lipinski definition) is 4. The number of anilines is 1. The molecule has 3 rings (SSSR count). The summed E-state index contributed by atoms with van der Waals surface area (Å²) < 4.78 is 26.3. The lowest BCUT2D eigenvalue weighted by molar-refractivity contribution is -0.140. The molecule has 1 saturated carbocycles. The largest absolute Gasteiger partial charge is 0.352 e. The Morgan fingerprint density at radius 3 is 2.31 bits per heavy atom. The zero-order chi connectivity index (χ0) is 26.5. The van der Waals surface area contributed by atoms with Gasteiger partial charge in [-0.1, -0.05) is 72.8 Å². The summed E-state index contributed by atoms with van der Waals surface area (Å²) in [6, 6.07) is 10.7. The van der Waals surface area contributed by atoms with Crippen molar-refractivity contribution in [3.63, 3.8) is 0 Å². The lowest BCUT2D eigenvalue weighted by atomic mass is 10.1. The van der Waals surface area contributed by atoms with Crippen molar-refractivity contribution in [3.05, 3.63) is 63.1 Å². The van der Waals surface area contributed by atoms with Crippen molar-refractivity contribution in [1.29, 1.82) is 0 Å². The maximum absolute atomic E-state index is 13.7. The molecule has 1 aliphatic rings. The molecule has 0 spiro atoms. The van der Waals surface area contributed by atoms with Gasteiger partial charge in [-0.3, -0.25) is 13.9 Å². The molecule has 0 aliphatic heterocycles. The van der Waals surface area contributed by atoms with Crippen molar-refractivity contribution < 1.29 is 18.0 Å². The van der Waals surface area contributed by atoms with Crippen molar-refractivity contribution >= 4 is 62.3 Å². The average Bonchev–Trinajstić information content (AvgIpc) is 3.31. The minimum Gasteiger partial charge on any atom is -0.352 e. The Hall–Kier alpha value is -2.00. The second kappa shape index (κ2) is 12.5. The molecule has 0 radical (unpaired) electrons. The van der Waals surface area contributed by atoms with E-state index in [4.69, 9.17) is 34.8 Å². The van der Waals surface area contributed by atoms with Gasteiger partial charge in [0, 0.05) is 22.6 Å². The van der Waals surface area contributed by atoms with Crippen LogP contribution in [0.3, 0.4) is 0 Å². The molecule has 11 heteroatoms. The average molecular weight is 575 g/mol. The minimum atomic E-state index is -3.90. The summed E-state index contributed by atoms with van der Waals surface area (Å²) in [4.78, 5) is 28.4. The Morgan fingerprint density at radius 2 is 1.72 bits per heavy atom. The Labute approximate surface area is 227 Å². The van der Waals surface area contributed by atoms with E-state index in [1.54, 1.807) is 24.3 Å². The van der Waals surface area contributed by atoms with Crippen molar-refractivity contribution in [3.8, 4) is 0 Å². The number of nitrogens with one attached hydrogen (secondary N) is 1. The van der Waals surface area contributed by atoms with E-state index in [1.807, 2.05) is 6.92 Å². The van der Waals surface area contributed by atoms with Crippen molar-refractivity contribution in [2.45, 2.75) is 57.7 Å². The minimum absolute atomic E-state index is 0.0427. The lowest BCUT2D eigenvalue weighted by Crippen LogP contribution is -2.53. The van der Waals surface area contributed by atoms with E-state index in [-0.39, 0.29) is 29.2 Å². The van der Waals surface area contributed by atoms with Gasteiger partial charge in [0.15, 0.2) is 0 Å². The second-order valence-corrected chi connectivity index (χ2v) is 12.1. The molecule has 1 N–H and O–H groups in total. The molecule has 1 atom stereocenters. The fraction of sp³-hybridized carbons (Fsp3) is 0.440. The molecule has 0 saturated heterocycles. The normalized spacial score (nSPS) is 14.9. The van der Waals surface area contributed by atoms with Crippen LogP contribution in [0.5, 0.6) is 0 Å². The zero-order valence-corrected chi connectivity index (χ0v) is 23.3. The number of carbonyl (C=O) groups is 2. The van der Waals surface area contributed by atoms with E-state index in [1.165, 1.54) is 23.1 Å². The number of sulfonamides is 1. The van der Waals surface area contributed by atoms with E-state index in [0.29, 0.717) is 22.0 Å². The molecule has 2 aromatic rings. The molecule has 1 fully saturated rings. The molecule has 2 aromatic carbocycles. The Bertz CT molecular complexity index is 1200. The standard InChI is InChI=1S/C25H30Cl3N3O4S/c1-3-22(25(33)29-19-9-5-6-10-19)30(15-17-8-4-7-11-20(17)27)24(32)16-31(36(2,34)35)23-13-12-18(26)14-21(23)28/h4,7-8,11-14,19,22H,3,5-6,9-10,15-16H2,1-2H3,(H,29,33)/t22-/m0/s1. The number of hydrogen-bond donors (Lipinski definition) is 1. The van der Waals surface area contributed by atoms with Crippen LogP contribution >= 0.6 is 34.8 Å². The van der Waals surface area contributed by atoms with E-state index < -0.39 is 28.5 Å². The van der Waals surface area contributed by atoms with Crippen LogP contribution in [0, 0.1) is 0 Å². The highest BCUT2D eigenvalue weighted by molar-refractivity contribution is 7.92. The van der Waals surface area contributed by atoms with Gasteiger partial charge in [-0.05, 0) is 49.1 Å². The summed E-state index contributed by atoms with van der Waals surface area (Å²) in [5, 5.41) is 3.93. The molecule has 2 amide bonds. The van der Waals surface area contributed by atoms with Crippen LogP contribution in [-0.4, -0.2) is 50.0 Å². The predicted octanol–water partition coefficient (Wildman–Crippen LogP) is 5.28. The summed E-state index contributed by atoms with van der Waals surface area (Å²) >= 11 is 18.6. The third-order valence-corrected chi connectivity index (χ3v) is 8.28. The SMILES string of the molecule is CC[C@@H](C(=O)NC1CCCC1)N(Cc1ccccc1Cl)C(=O)CN(c1ccc(Cl)cc1Cl)S(C)(=O)=O. The third-order valence-electron chi connectivity index (χ3n) is 6.24. The maximum Gasteiger partial charge on any atom is 0.244 e. The maximum atomic E-state index is 13.7. The van der Waals surface area contributed by atoms with E-state index in [0.717, 1.165) is 36.2 Å². The monoisotopic (exact) mass is 573 g/mol. The van der Waals surface area contributed by atoms with Crippen LogP contribution in [-0.2, 0) is 26.2 Å². The van der Waals surface area contributed by atoms with E-state index in [9.17, 15) is 18.0 Å². The van der Waals surface area contributed by atoms with Crippen LogP contribution in [0.4, 0.5) is 5.69 Å². The Kier molecular flexibility index (Phi) is 9.92. The molecule has 196 valence electrons. The molecule has 0 unspecified atom stereocenters. The van der Waals surface area contributed by atoms with Gasteiger partial charge in [0.25, 0.3) is 0 Å². The number of nitrogens with zero attached hydrogens (tertiary/aromatic N) is 2. The number of amides is 2. The first kappa shape index (κ1) is 28.6. The Morgan fingerprint density at radius 1 is 1.06 bits per heavy atom. The number of halogens is 3. The Balaban J connectivity index is 1.95. The van der Waals surface area contributed by atoms with Gasteiger partial charge in [0.2, 0.25) is 21.8 Å². The number of rotatable bonds is 10. The topological polar surface area (TPSA) is 86.8 Å². The fourth-order valence-electron chi connectivity index (χ4n) is 4.38. The molecule has 0 aromatic heterocycles. The van der Waals surface area contributed by atoms with Gasteiger partial charge in [0.1, 0.15) is 12.6 Å². The zero-order valence-electron chi connectivity index (χ0n) is 20.2. The summed E-state index contributed by atoms with van der Waals surface area (Å²) in [6.07, 6.45) is 5.24. The second-order valence-electron chi connectivity index (χ2n) is 8.89.